The lowest BCUT2D eigenvalue weighted by molar-refractivity contribution is 0.0852. The van der Waals surface area contributed by atoms with Gasteiger partial charge in [-0.05, 0) is 57.1 Å². The van der Waals surface area contributed by atoms with E-state index in [1.807, 2.05) is 24.4 Å². The van der Waals surface area contributed by atoms with Gasteiger partial charge in [0.25, 0.3) is 0 Å². The first-order valence-electron chi connectivity index (χ1n) is 13.3. The molecule has 3 aromatic rings. The van der Waals surface area contributed by atoms with Crippen molar-refractivity contribution in [2.45, 2.75) is 94.8 Å². The van der Waals surface area contributed by atoms with Crippen LogP contribution in [0.5, 0.6) is 0 Å². The summed E-state index contributed by atoms with van der Waals surface area (Å²) >= 11 is 0. The van der Waals surface area contributed by atoms with Gasteiger partial charge in [-0.3, -0.25) is 4.79 Å². The summed E-state index contributed by atoms with van der Waals surface area (Å²) in [7, 11) is 0. The zero-order valence-electron chi connectivity index (χ0n) is 20.2. The number of nitrogens with zero attached hydrogens (tertiary/aromatic N) is 3. The molecule has 1 aliphatic heterocycles. The van der Waals surface area contributed by atoms with Crippen LogP contribution in [0.2, 0.25) is 0 Å². The Morgan fingerprint density at radius 1 is 1.03 bits per heavy atom. The predicted molar refractivity (Wildman–Crippen MR) is 135 cm³/mol. The lowest BCUT2D eigenvalue weighted by atomic mass is 9.75. The van der Waals surface area contributed by atoms with Gasteiger partial charge in [-0.1, -0.05) is 37.5 Å². The van der Waals surface area contributed by atoms with Gasteiger partial charge in [-0.25, -0.2) is 9.37 Å². The molecule has 2 fully saturated rings. The molecular weight excluding hydrogens is 441 g/mol. The lowest BCUT2D eigenvalue weighted by Gasteiger charge is -2.42. The number of Topliss-reactive ketones (excluding diaryl/α,β-unsaturated/α-hetero) is 1. The molecule has 2 aromatic heterocycles. The fraction of sp³-hybridized carbons (Fsp3) is 0.536. The summed E-state index contributed by atoms with van der Waals surface area (Å²) in [6, 6.07) is 9.68. The third kappa shape index (κ3) is 4.35. The second kappa shape index (κ2) is 9.34. The number of anilines is 1. The van der Waals surface area contributed by atoms with Gasteiger partial charge >= 0.3 is 0 Å². The van der Waals surface area contributed by atoms with E-state index >= 15 is 0 Å². The Kier molecular flexibility index (Phi) is 6.04. The first-order chi connectivity index (χ1) is 17.1. The van der Waals surface area contributed by atoms with Crippen molar-refractivity contribution < 1.29 is 9.18 Å². The zero-order valence-corrected chi connectivity index (χ0v) is 20.2. The van der Waals surface area contributed by atoms with E-state index in [0.29, 0.717) is 31.0 Å². The Bertz CT molecular complexity index is 1220. The smallest absolute Gasteiger partial charge is 0.224 e. The van der Waals surface area contributed by atoms with Crippen LogP contribution in [0.25, 0.3) is 11.0 Å². The van der Waals surface area contributed by atoms with Crippen molar-refractivity contribution in [1.82, 2.24) is 19.9 Å². The van der Waals surface area contributed by atoms with Gasteiger partial charge in [0.05, 0.1) is 5.69 Å². The van der Waals surface area contributed by atoms with Crippen LogP contribution >= 0.6 is 0 Å². The number of halogens is 1. The minimum absolute atomic E-state index is 0.0385. The Balaban J connectivity index is 1.14. The average Bonchev–Trinajstić information content (AvgIpc) is 3.28. The molecule has 6 rings (SSSR count). The fourth-order valence-corrected chi connectivity index (χ4v) is 6.53. The highest BCUT2D eigenvalue weighted by Crippen LogP contribution is 2.45. The Labute approximate surface area is 205 Å². The molecule has 0 radical (unpaired) electrons. The van der Waals surface area contributed by atoms with Crippen molar-refractivity contribution in [1.29, 1.82) is 0 Å². The highest BCUT2D eigenvalue weighted by atomic mass is 19.1. The summed E-state index contributed by atoms with van der Waals surface area (Å²) in [5.41, 5.74) is 2.49. The fourth-order valence-electron chi connectivity index (χ4n) is 6.53. The van der Waals surface area contributed by atoms with E-state index < -0.39 is 0 Å². The van der Waals surface area contributed by atoms with Crippen LogP contribution in [0, 0.1) is 5.82 Å². The third-order valence-corrected chi connectivity index (χ3v) is 8.50. The summed E-state index contributed by atoms with van der Waals surface area (Å²) in [5, 5.41) is 8.05. The summed E-state index contributed by atoms with van der Waals surface area (Å²) in [6.45, 7) is 0.564. The minimum Gasteiger partial charge on any atom is -0.351 e. The zero-order chi connectivity index (χ0) is 23.8. The molecule has 2 saturated carbocycles. The van der Waals surface area contributed by atoms with Crippen molar-refractivity contribution in [3.63, 3.8) is 0 Å². The van der Waals surface area contributed by atoms with E-state index in [2.05, 4.69) is 20.2 Å². The van der Waals surface area contributed by atoms with Crippen molar-refractivity contribution in [2.24, 2.45) is 0 Å². The van der Waals surface area contributed by atoms with Crippen LogP contribution in [0.1, 0.15) is 86.7 Å². The molecule has 2 aliphatic carbocycles. The number of fused-ring (bicyclic) bond motifs is 4. The molecule has 0 amide bonds. The Morgan fingerprint density at radius 3 is 2.60 bits per heavy atom. The Morgan fingerprint density at radius 2 is 1.80 bits per heavy atom. The van der Waals surface area contributed by atoms with Gasteiger partial charge in [-0.2, -0.15) is 4.98 Å². The molecular formula is C28H34FN5O. The number of rotatable bonds is 5. The second-order valence-corrected chi connectivity index (χ2v) is 10.7. The summed E-state index contributed by atoms with van der Waals surface area (Å²) in [5.74, 6) is 0.743. The molecule has 3 aliphatic rings. The van der Waals surface area contributed by atoms with E-state index in [1.54, 1.807) is 6.07 Å². The van der Waals surface area contributed by atoms with Crippen molar-refractivity contribution in [3.8, 4) is 0 Å². The molecule has 6 nitrogen and oxygen atoms in total. The van der Waals surface area contributed by atoms with E-state index in [-0.39, 0.29) is 17.1 Å². The molecule has 0 unspecified atom stereocenters. The van der Waals surface area contributed by atoms with Crippen molar-refractivity contribution in [3.05, 3.63) is 53.6 Å². The molecule has 1 spiro atoms. The van der Waals surface area contributed by atoms with Gasteiger partial charge in [0.15, 0.2) is 5.78 Å². The largest absolute Gasteiger partial charge is 0.351 e. The monoisotopic (exact) mass is 475 g/mol. The molecule has 0 bridgehead atoms. The SMILES string of the molecule is O=C1CCC2(CCCCC2)n2c1cc1cnc(NC3CCC(NCc4ccccc4F)CC3)nc12. The number of hydrogen-bond donors (Lipinski definition) is 2. The van der Waals surface area contributed by atoms with Crippen LogP contribution in [0.3, 0.4) is 0 Å². The summed E-state index contributed by atoms with van der Waals surface area (Å²) < 4.78 is 16.2. The van der Waals surface area contributed by atoms with Gasteiger partial charge in [0.2, 0.25) is 5.95 Å². The second-order valence-electron chi connectivity index (χ2n) is 10.7. The number of carbonyl (C=O) groups is 1. The maximum absolute atomic E-state index is 13.9. The molecule has 1 aromatic carbocycles. The maximum atomic E-state index is 13.9. The third-order valence-electron chi connectivity index (χ3n) is 8.50. The average molecular weight is 476 g/mol. The maximum Gasteiger partial charge on any atom is 0.224 e. The van der Waals surface area contributed by atoms with Gasteiger partial charge in [0.1, 0.15) is 11.5 Å². The van der Waals surface area contributed by atoms with E-state index in [0.717, 1.165) is 67.2 Å². The van der Waals surface area contributed by atoms with Crippen LogP contribution in [-0.4, -0.2) is 32.4 Å². The van der Waals surface area contributed by atoms with Crippen molar-refractivity contribution >= 4 is 22.8 Å². The molecule has 0 saturated heterocycles. The summed E-state index contributed by atoms with van der Waals surface area (Å²) in [6.07, 6.45) is 13.5. The molecule has 7 heteroatoms. The number of ketones is 1. The minimum atomic E-state index is -0.146. The highest BCUT2D eigenvalue weighted by molar-refractivity contribution is 6.00. The van der Waals surface area contributed by atoms with E-state index in [4.69, 9.17) is 4.98 Å². The normalized spacial score (nSPS) is 24.0. The number of nitrogens with one attached hydrogen (secondary N) is 2. The molecule has 184 valence electrons. The molecule has 35 heavy (non-hydrogen) atoms. The first kappa shape index (κ1) is 22.7. The number of aromatic nitrogens is 3. The standard InChI is InChI=1S/C28H34FN5O/c29-23-7-3-2-6-19(23)17-30-21-8-10-22(11-9-21)32-27-31-18-20-16-24-25(35)12-15-28(13-4-1-5-14-28)34(24)26(20)33-27/h2-3,6-7,16,18,21-22,30H,1,4-5,8-15,17H2,(H,31,32,33). The topological polar surface area (TPSA) is 71.8 Å². The molecule has 0 atom stereocenters. The van der Waals surface area contributed by atoms with Gasteiger partial charge < -0.3 is 15.2 Å². The first-order valence-corrected chi connectivity index (χ1v) is 13.3. The number of benzene rings is 1. The molecule has 3 heterocycles. The number of hydrogen-bond acceptors (Lipinski definition) is 5. The number of carbonyl (C=O) groups excluding carboxylic acids is 1. The summed E-state index contributed by atoms with van der Waals surface area (Å²) in [4.78, 5) is 22.3. The Hall–Kier alpha value is -2.80. The van der Waals surface area contributed by atoms with Crippen LogP contribution in [-0.2, 0) is 12.1 Å². The van der Waals surface area contributed by atoms with Crippen LogP contribution < -0.4 is 10.6 Å². The van der Waals surface area contributed by atoms with E-state index in [9.17, 15) is 9.18 Å². The lowest BCUT2D eigenvalue weighted by Crippen LogP contribution is -2.41. The predicted octanol–water partition coefficient (Wildman–Crippen LogP) is 5.72. The molecule has 2 N–H and O–H groups in total. The quantitative estimate of drug-likeness (QED) is 0.494. The van der Waals surface area contributed by atoms with E-state index in [1.165, 1.54) is 25.3 Å². The van der Waals surface area contributed by atoms with Gasteiger partial charge in [0, 0.05) is 47.7 Å². The van der Waals surface area contributed by atoms with Crippen LogP contribution in [0.4, 0.5) is 10.3 Å². The highest BCUT2D eigenvalue weighted by Gasteiger charge is 2.41. The van der Waals surface area contributed by atoms with Gasteiger partial charge in [-0.15, -0.1) is 0 Å². The van der Waals surface area contributed by atoms with Crippen molar-refractivity contribution in [2.75, 3.05) is 5.32 Å². The van der Waals surface area contributed by atoms with Crippen LogP contribution in [0.15, 0.2) is 36.5 Å².